The van der Waals surface area contributed by atoms with Crippen LogP contribution in [-0.4, -0.2) is 19.7 Å². The van der Waals surface area contributed by atoms with E-state index in [0.29, 0.717) is 5.92 Å². The molecule has 0 aromatic heterocycles. The zero-order valence-electron chi connectivity index (χ0n) is 11.0. The Morgan fingerprint density at radius 3 is 2.44 bits per heavy atom. The van der Waals surface area contributed by atoms with Crippen LogP contribution < -0.4 is 10.1 Å². The van der Waals surface area contributed by atoms with E-state index >= 15 is 0 Å². The van der Waals surface area contributed by atoms with Gasteiger partial charge in [-0.15, -0.1) is 0 Å². The summed E-state index contributed by atoms with van der Waals surface area (Å²) in [5.74, 6) is 1.51. The Kier molecular flexibility index (Phi) is 4.81. The number of nitrogens with one attached hydrogen (secondary N) is 1. The smallest absolute Gasteiger partial charge is 0.122 e. The van der Waals surface area contributed by atoms with Crippen molar-refractivity contribution in [3.63, 3.8) is 0 Å². The molecule has 0 saturated heterocycles. The van der Waals surface area contributed by atoms with Crippen LogP contribution in [0.1, 0.15) is 25.0 Å². The van der Waals surface area contributed by atoms with Gasteiger partial charge < -0.3 is 10.1 Å². The molecular formula is C14H23NO. The van der Waals surface area contributed by atoms with Gasteiger partial charge in [-0.3, -0.25) is 0 Å². The van der Waals surface area contributed by atoms with Crippen LogP contribution in [0.25, 0.3) is 0 Å². The number of hydrogen-bond acceptors (Lipinski definition) is 2. The molecule has 1 unspecified atom stereocenters. The number of rotatable bonds is 5. The molecule has 90 valence electrons. The molecule has 1 aromatic rings. The van der Waals surface area contributed by atoms with Crippen LogP contribution >= 0.6 is 0 Å². The normalized spacial score (nSPS) is 12.9. The van der Waals surface area contributed by atoms with Crippen molar-refractivity contribution in [3.05, 3.63) is 29.3 Å². The fraction of sp³-hybridized carbons (Fsp3) is 0.571. The molecule has 16 heavy (non-hydrogen) atoms. The summed E-state index contributed by atoms with van der Waals surface area (Å²) < 4.78 is 6.04. The highest BCUT2D eigenvalue weighted by molar-refractivity contribution is 5.35. The Morgan fingerprint density at radius 2 is 1.94 bits per heavy atom. The monoisotopic (exact) mass is 221 g/mol. The van der Waals surface area contributed by atoms with Crippen molar-refractivity contribution in [1.82, 2.24) is 5.32 Å². The highest BCUT2D eigenvalue weighted by Crippen LogP contribution is 2.21. The summed E-state index contributed by atoms with van der Waals surface area (Å²) in [6.45, 7) is 9.45. The highest BCUT2D eigenvalue weighted by atomic mass is 16.5. The van der Waals surface area contributed by atoms with E-state index in [1.165, 1.54) is 11.1 Å². The molecule has 0 aliphatic carbocycles. The minimum Gasteiger partial charge on any atom is -0.489 e. The van der Waals surface area contributed by atoms with E-state index in [-0.39, 0.29) is 6.10 Å². The van der Waals surface area contributed by atoms with E-state index < -0.39 is 0 Å². The van der Waals surface area contributed by atoms with Gasteiger partial charge in [-0.2, -0.15) is 0 Å². The van der Waals surface area contributed by atoms with Gasteiger partial charge in [0.25, 0.3) is 0 Å². The topological polar surface area (TPSA) is 21.3 Å². The summed E-state index contributed by atoms with van der Waals surface area (Å²) in [7, 11) is 1.96. The van der Waals surface area contributed by atoms with E-state index in [9.17, 15) is 0 Å². The summed E-state index contributed by atoms with van der Waals surface area (Å²) in [5, 5.41) is 3.18. The van der Waals surface area contributed by atoms with E-state index in [2.05, 4.69) is 51.2 Å². The Hall–Kier alpha value is -1.02. The van der Waals surface area contributed by atoms with Gasteiger partial charge in [0, 0.05) is 6.54 Å². The van der Waals surface area contributed by atoms with Crippen molar-refractivity contribution in [2.24, 2.45) is 5.92 Å². The van der Waals surface area contributed by atoms with E-state index in [4.69, 9.17) is 4.74 Å². The maximum Gasteiger partial charge on any atom is 0.122 e. The molecule has 2 nitrogen and oxygen atoms in total. The molecule has 0 fully saturated rings. The molecule has 0 saturated carbocycles. The molecule has 0 aliphatic rings. The number of benzene rings is 1. The van der Waals surface area contributed by atoms with Crippen molar-refractivity contribution in [2.45, 2.75) is 33.8 Å². The van der Waals surface area contributed by atoms with E-state index in [1.54, 1.807) is 0 Å². The van der Waals surface area contributed by atoms with Gasteiger partial charge in [0.05, 0.1) is 0 Å². The van der Waals surface area contributed by atoms with E-state index in [1.807, 2.05) is 7.05 Å². The van der Waals surface area contributed by atoms with Crippen molar-refractivity contribution < 1.29 is 4.74 Å². The third kappa shape index (κ3) is 3.53. The number of likely N-dealkylation sites (N-methyl/N-ethyl adjacent to an activating group) is 1. The van der Waals surface area contributed by atoms with Crippen LogP contribution in [-0.2, 0) is 0 Å². The van der Waals surface area contributed by atoms with Gasteiger partial charge in [0.1, 0.15) is 11.9 Å². The lowest BCUT2D eigenvalue weighted by Crippen LogP contribution is -2.33. The number of hydrogen-bond donors (Lipinski definition) is 1. The predicted molar refractivity (Wildman–Crippen MR) is 69.1 cm³/mol. The van der Waals surface area contributed by atoms with Gasteiger partial charge in [-0.05, 0) is 38.4 Å². The maximum atomic E-state index is 6.04. The summed E-state index contributed by atoms with van der Waals surface area (Å²) >= 11 is 0. The fourth-order valence-electron chi connectivity index (χ4n) is 1.71. The number of ether oxygens (including phenoxy) is 1. The molecule has 1 N–H and O–H groups in total. The zero-order valence-corrected chi connectivity index (χ0v) is 11.0. The van der Waals surface area contributed by atoms with Gasteiger partial charge in [0.15, 0.2) is 0 Å². The molecule has 1 atom stereocenters. The summed E-state index contributed by atoms with van der Waals surface area (Å²) in [6, 6.07) is 6.32. The van der Waals surface area contributed by atoms with Crippen LogP contribution in [0.4, 0.5) is 0 Å². The third-order valence-corrected chi connectivity index (χ3v) is 2.76. The zero-order chi connectivity index (χ0) is 12.1. The standard InChI is InChI=1S/C14H23NO/c1-10(2)14(9-15-5)16-13-7-6-11(3)8-12(13)4/h6-8,10,14-15H,9H2,1-5H3. The first-order valence-corrected chi connectivity index (χ1v) is 5.93. The lowest BCUT2D eigenvalue weighted by atomic mass is 10.1. The average Bonchev–Trinajstić information content (AvgIpc) is 2.20. The fourth-order valence-corrected chi connectivity index (χ4v) is 1.71. The molecular weight excluding hydrogens is 198 g/mol. The first kappa shape index (κ1) is 13.0. The van der Waals surface area contributed by atoms with Gasteiger partial charge in [-0.25, -0.2) is 0 Å². The second kappa shape index (κ2) is 5.90. The molecule has 2 heteroatoms. The quantitative estimate of drug-likeness (QED) is 0.825. The van der Waals surface area contributed by atoms with Crippen molar-refractivity contribution in [2.75, 3.05) is 13.6 Å². The van der Waals surface area contributed by atoms with Gasteiger partial charge in [-0.1, -0.05) is 31.5 Å². The molecule has 0 radical (unpaired) electrons. The summed E-state index contributed by atoms with van der Waals surface area (Å²) in [4.78, 5) is 0. The lowest BCUT2D eigenvalue weighted by Gasteiger charge is -2.23. The molecule has 1 aromatic carbocycles. The average molecular weight is 221 g/mol. The molecule has 1 rings (SSSR count). The SMILES string of the molecule is CNCC(Oc1ccc(C)cc1C)C(C)C. The van der Waals surface area contributed by atoms with Gasteiger partial charge in [0.2, 0.25) is 0 Å². The molecule has 0 spiro atoms. The molecule has 0 bridgehead atoms. The van der Waals surface area contributed by atoms with Crippen molar-refractivity contribution in [3.8, 4) is 5.75 Å². The maximum absolute atomic E-state index is 6.04. The molecule has 0 aliphatic heterocycles. The Morgan fingerprint density at radius 1 is 1.25 bits per heavy atom. The van der Waals surface area contributed by atoms with Gasteiger partial charge >= 0.3 is 0 Å². The lowest BCUT2D eigenvalue weighted by molar-refractivity contribution is 0.150. The van der Waals surface area contributed by atoms with Crippen LogP contribution in [0.2, 0.25) is 0 Å². The van der Waals surface area contributed by atoms with Crippen LogP contribution in [0.5, 0.6) is 5.75 Å². The van der Waals surface area contributed by atoms with Crippen molar-refractivity contribution in [1.29, 1.82) is 0 Å². The Labute approximate surface area is 99.0 Å². The second-order valence-electron chi connectivity index (χ2n) is 4.73. The van der Waals surface area contributed by atoms with Crippen LogP contribution in [0, 0.1) is 19.8 Å². The van der Waals surface area contributed by atoms with Crippen LogP contribution in [0.15, 0.2) is 18.2 Å². The van der Waals surface area contributed by atoms with E-state index in [0.717, 1.165) is 12.3 Å². The first-order valence-electron chi connectivity index (χ1n) is 5.93. The first-order chi connectivity index (χ1) is 7.54. The highest BCUT2D eigenvalue weighted by Gasteiger charge is 2.15. The van der Waals surface area contributed by atoms with Crippen LogP contribution in [0.3, 0.4) is 0 Å². The summed E-state index contributed by atoms with van der Waals surface area (Å²) in [5.41, 5.74) is 2.49. The molecule has 0 heterocycles. The predicted octanol–water partition coefficient (Wildman–Crippen LogP) is 2.93. The number of aryl methyl sites for hydroxylation is 2. The molecule has 0 amide bonds. The Bertz CT molecular complexity index is 334. The minimum absolute atomic E-state index is 0.228. The second-order valence-corrected chi connectivity index (χ2v) is 4.73. The Balaban J connectivity index is 2.77. The van der Waals surface area contributed by atoms with Crippen molar-refractivity contribution >= 4 is 0 Å². The minimum atomic E-state index is 0.228. The third-order valence-electron chi connectivity index (χ3n) is 2.76. The summed E-state index contributed by atoms with van der Waals surface area (Å²) in [6.07, 6.45) is 0.228. The largest absolute Gasteiger partial charge is 0.489 e.